The molecule has 0 radical (unpaired) electrons. The molecule has 2 nitrogen and oxygen atoms in total. The minimum absolute atomic E-state index is 0.347. The van der Waals surface area contributed by atoms with E-state index in [4.69, 9.17) is 11.6 Å². The molecule has 0 aliphatic carbocycles. The number of aryl methyl sites for hydroxylation is 1. The van der Waals surface area contributed by atoms with E-state index in [1.807, 2.05) is 18.2 Å². The van der Waals surface area contributed by atoms with E-state index >= 15 is 0 Å². The fraction of sp³-hybridized carbons (Fsp3) is 0.167. The highest BCUT2D eigenvalue weighted by Crippen LogP contribution is 2.20. The molecule has 2 rings (SSSR count). The van der Waals surface area contributed by atoms with E-state index in [1.54, 1.807) is 6.20 Å². The summed E-state index contributed by atoms with van der Waals surface area (Å²) < 4.78 is 0. The van der Waals surface area contributed by atoms with Gasteiger partial charge in [-0.2, -0.15) is 0 Å². The largest absolute Gasteiger partial charge is 0.240 e. The zero-order chi connectivity index (χ0) is 10.7. The van der Waals surface area contributed by atoms with Crippen LogP contribution in [0, 0.1) is 6.92 Å². The highest BCUT2D eigenvalue weighted by atomic mass is 35.5. The summed E-state index contributed by atoms with van der Waals surface area (Å²) in [5, 5.41) is 0. The van der Waals surface area contributed by atoms with Gasteiger partial charge >= 0.3 is 0 Å². The van der Waals surface area contributed by atoms with Gasteiger partial charge in [-0.1, -0.05) is 24.3 Å². The van der Waals surface area contributed by atoms with Crippen LogP contribution in [0.1, 0.15) is 11.4 Å². The molecule has 0 atom stereocenters. The third-order valence-electron chi connectivity index (χ3n) is 2.25. The lowest BCUT2D eigenvalue weighted by molar-refractivity contribution is 1.03. The lowest BCUT2D eigenvalue weighted by Gasteiger charge is -2.05. The van der Waals surface area contributed by atoms with Gasteiger partial charge in [0.2, 0.25) is 0 Å². The molecule has 0 N–H and O–H groups in total. The lowest BCUT2D eigenvalue weighted by Crippen LogP contribution is -1.93. The maximum absolute atomic E-state index is 5.70. The summed E-state index contributed by atoms with van der Waals surface area (Å²) in [6, 6.07) is 10.0. The molecular weight excluding hydrogens is 208 g/mol. The maximum Gasteiger partial charge on any atom is 0.143 e. The summed E-state index contributed by atoms with van der Waals surface area (Å²) in [5.74, 6) is 1.01. The Hall–Kier alpha value is -1.41. The standard InChI is InChI=1S/C12H11ClN2/c1-9-4-2-3-5-10(9)11-6-7-14-12(8-13)15-11/h2-7H,8H2,1H3. The highest BCUT2D eigenvalue weighted by molar-refractivity contribution is 6.16. The molecule has 0 saturated carbocycles. The molecule has 2 aromatic rings. The van der Waals surface area contributed by atoms with Gasteiger partial charge in [-0.15, -0.1) is 11.6 Å². The first-order valence-corrected chi connectivity index (χ1v) is 5.28. The second-order valence-electron chi connectivity index (χ2n) is 3.31. The predicted octanol–water partition coefficient (Wildman–Crippen LogP) is 3.19. The Balaban J connectivity index is 2.49. The molecule has 0 aliphatic heterocycles. The quantitative estimate of drug-likeness (QED) is 0.724. The summed E-state index contributed by atoms with van der Waals surface area (Å²) in [6.45, 7) is 2.07. The predicted molar refractivity (Wildman–Crippen MR) is 61.8 cm³/mol. The van der Waals surface area contributed by atoms with Gasteiger partial charge in [0.25, 0.3) is 0 Å². The second-order valence-corrected chi connectivity index (χ2v) is 3.57. The van der Waals surface area contributed by atoms with E-state index in [-0.39, 0.29) is 0 Å². The van der Waals surface area contributed by atoms with Crippen LogP contribution in [-0.2, 0) is 5.88 Å². The molecule has 0 fully saturated rings. The lowest BCUT2D eigenvalue weighted by atomic mass is 10.1. The van der Waals surface area contributed by atoms with Gasteiger partial charge in [0.1, 0.15) is 5.82 Å². The molecular formula is C12H11ClN2. The van der Waals surface area contributed by atoms with Crippen molar-refractivity contribution in [3.8, 4) is 11.3 Å². The zero-order valence-corrected chi connectivity index (χ0v) is 9.20. The third kappa shape index (κ3) is 2.16. The van der Waals surface area contributed by atoms with Gasteiger partial charge in [-0.25, -0.2) is 9.97 Å². The number of halogens is 1. The van der Waals surface area contributed by atoms with Crippen molar-refractivity contribution < 1.29 is 0 Å². The number of aromatic nitrogens is 2. The molecule has 1 heterocycles. The fourth-order valence-corrected chi connectivity index (χ4v) is 1.60. The van der Waals surface area contributed by atoms with Gasteiger partial charge in [0, 0.05) is 11.8 Å². The van der Waals surface area contributed by atoms with Crippen LogP contribution >= 0.6 is 11.6 Å². The Morgan fingerprint density at radius 3 is 2.73 bits per heavy atom. The maximum atomic E-state index is 5.70. The normalized spacial score (nSPS) is 10.3. The summed E-state index contributed by atoms with van der Waals surface area (Å²) in [6.07, 6.45) is 1.74. The van der Waals surface area contributed by atoms with Crippen molar-refractivity contribution in [1.82, 2.24) is 9.97 Å². The van der Waals surface area contributed by atoms with Crippen LogP contribution in [0.5, 0.6) is 0 Å². The Kier molecular flexibility index (Phi) is 2.97. The van der Waals surface area contributed by atoms with E-state index in [0.29, 0.717) is 11.7 Å². The van der Waals surface area contributed by atoms with E-state index in [2.05, 4.69) is 29.0 Å². The molecule has 0 aliphatic rings. The molecule has 3 heteroatoms. The summed E-state index contributed by atoms with van der Waals surface area (Å²) in [5.41, 5.74) is 3.27. The number of rotatable bonds is 2. The number of nitrogens with zero attached hydrogens (tertiary/aromatic N) is 2. The molecule has 1 aromatic heterocycles. The van der Waals surface area contributed by atoms with Crippen molar-refractivity contribution in [3.63, 3.8) is 0 Å². The SMILES string of the molecule is Cc1ccccc1-c1ccnc(CCl)n1. The van der Waals surface area contributed by atoms with Gasteiger partial charge in [0.15, 0.2) is 0 Å². The average Bonchev–Trinajstić information content (AvgIpc) is 2.30. The summed E-state index contributed by atoms with van der Waals surface area (Å²) >= 11 is 5.70. The van der Waals surface area contributed by atoms with Crippen molar-refractivity contribution in [2.45, 2.75) is 12.8 Å². The number of alkyl halides is 1. The van der Waals surface area contributed by atoms with Crippen LogP contribution in [0.15, 0.2) is 36.5 Å². The topological polar surface area (TPSA) is 25.8 Å². The smallest absolute Gasteiger partial charge is 0.143 e. The van der Waals surface area contributed by atoms with Crippen molar-refractivity contribution in [2.24, 2.45) is 0 Å². The minimum Gasteiger partial charge on any atom is -0.240 e. The van der Waals surface area contributed by atoms with Crippen molar-refractivity contribution in [3.05, 3.63) is 47.9 Å². The van der Waals surface area contributed by atoms with Crippen molar-refractivity contribution >= 4 is 11.6 Å². The molecule has 0 bridgehead atoms. The number of hydrogen-bond acceptors (Lipinski definition) is 2. The fourth-order valence-electron chi connectivity index (χ4n) is 1.47. The van der Waals surface area contributed by atoms with E-state index in [9.17, 15) is 0 Å². The van der Waals surface area contributed by atoms with Gasteiger partial charge in [-0.05, 0) is 18.6 Å². The van der Waals surface area contributed by atoms with Gasteiger partial charge in [-0.3, -0.25) is 0 Å². The van der Waals surface area contributed by atoms with Gasteiger partial charge in [0.05, 0.1) is 11.6 Å². The Morgan fingerprint density at radius 1 is 1.20 bits per heavy atom. The van der Waals surface area contributed by atoms with Crippen LogP contribution in [0.2, 0.25) is 0 Å². The minimum atomic E-state index is 0.347. The summed E-state index contributed by atoms with van der Waals surface area (Å²) in [4.78, 5) is 8.45. The Labute approximate surface area is 94.0 Å². The number of hydrogen-bond donors (Lipinski definition) is 0. The first-order chi connectivity index (χ1) is 7.31. The van der Waals surface area contributed by atoms with Crippen LogP contribution in [0.4, 0.5) is 0 Å². The van der Waals surface area contributed by atoms with E-state index < -0.39 is 0 Å². The molecule has 15 heavy (non-hydrogen) atoms. The van der Waals surface area contributed by atoms with Crippen LogP contribution in [0.3, 0.4) is 0 Å². The molecule has 1 aromatic carbocycles. The third-order valence-corrected chi connectivity index (χ3v) is 2.49. The molecule has 76 valence electrons. The molecule has 0 saturated heterocycles. The zero-order valence-electron chi connectivity index (χ0n) is 8.44. The molecule has 0 unspecified atom stereocenters. The Morgan fingerprint density at radius 2 is 2.00 bits per heavy atom. The van der Waals surface area contributed by atoms with E-state index in [1.165, 1.54) is 5.56 Å². The first-order valence-electron chi connectivity index (χ1n) is 4.75. The molecule has 0 amide bonds. The average molecular weight is 219 g/mol. The van der Waals surface area contributed by atoms with Crippen LogP contribution < -0.4 is 0 Å². The summed E-state index contributed by atoms with van der Waals surface area (Å²) in [7, 11) is 0. The van der Waals surface area contributed by atoms with Crippen LogP contribution in [0.25, 0.3) is 11.3 Å². The monoisotopic (exact) mass is 218 g/mol. The van der Waals surface area contributed by atoms with Crippen molar-refractivity contribution in [1.29, 1.82) is 0 Å². The van der Waals surface area contributed by atoms with Crippen LogP contribution in [-0.4, -0.2) is 9.97 Å². The number of benzene rings is 1. The van der Waals surface area contributed by atoms with E-state index in [0.717, 1.165) is 11.3 Å². The Bertz CT molecular complexity index is 469. The second kappa shape index (κ2) is 4.41. The first kappa shape index (κ1) is 10.1. The van der Waals surface area contributed by atoms with Crippen molar-refractivity contribution in [2.75, 3.05) is 0 Å². The van der Waals surface area contributed by atoms with Gasteiger partial charge < -0.3 is 0 Å². The molecule has 0 spiro atoms. The highest BCUT2D eigenvalue weighted by Gasteiger charge is 2.03.